The summed E-state index contributed by atoms with van der Waals surface area (Å²) in [6, 6.07) is 2.15. The van der Waals surface area contributed by atoms with Gasteiger partial charge in [-0.25, -0.2) is 0 Å². The van der Waals surface area contributed by atoms with E-state index < -0.39 is 0 Å². The summed E-state index contributed by atoms with van der Waals surface area (Å²) in [6.07, 6.45) is 3.77. The minimum Gasteiger partial charge on any atom is -0.391 e. The lowest BCUT2D eigenvalue weighted by molar-refractivity contribution is 0.131. The Morgan fingerprint density at radius 1 is 1.56 bits per heavy atom. The van der Waals surface area contributed by atoms with Gasteiger partial charge in [-0.1, -0.05) is 6.92 Å². The maximum absolute atomic E-state index is 10.5. The van der Waals surface area contributed by atoms with E-state index in [2.05, 4.69) is 31.9 Å². The summed E-state index contributed by atoms with van der Waals surface area (Å²) in [6.45, 7) is 7.31. The highest BCUT2D eigenvalue weighted by molar-refractivity contribution is 8.00. The highest BCUT2D eigenvalue weighted by Gasteiger charge is 2.37. The van der Waals surface area contributed by atoms with Crippen LogP contribution in [-0.2, 0) is 19.4 Å². The van der Waals surface area contributed by atoms with Gasteiger partial charge >= 0.3 is 0 Å². The first kappa shape index (κ1) is 13.9. The second kappa shape index (κ2) is 5.66. The van der Waals surface area contributed by atoms with E-state index in [0.717, 1.165) is 31.5 Å². The first-order valence-corrected chi connectivity index (χ1v) is 7.95. The molecule has 1 N–H and O–H groups in total. The van der Waals surface area contributed by atoms with Gasteiger partial charge in [0.05, 0.1) is 11.8 Å². The van der Waals surface area contributed by atoms with Crippen molar-refractivity contribution in [2.24, 2.45) is 0 Å². The lowest BCUT2D eigenvalue weighted by atomic mass is 9.95. The van der Waals surface area contributed by atoms with Crippen molar-refractivity contribution in [2.75, 3.05) is 5.75 Å². The molecule has 0 aromatic carbocycles. The molecule has 0 aliphatic carbocycles. The Balaban J connectivity index is 2.10. The molecule has 2 unspecified atom stereocenters. The Hall–Kier alpha value is -0.480. The van der Waals surface area contributed by atoms with Crippen LogP contribution in [0.2, 0.25) is 0 Å². The predicted octanol–water partition coefficient (Wildman–Crippen LogP) is 2.65. The van der Waals surface area contributed by atoms with E-state index in [1.165, 1.54) is 17.9 Å². The van der Waals surface area contributed by atoms with Crippen molar-refractivity contribution in [2.45, 2.75) is 63.9 Å². The summed E-state index contributed by atoms with van der Waals surface area (Å²) in [4.78, 5) is 0. The summed E-state index contributed by atoms with van der Waals surface area (Å²) in [5.41, 5.74) is 2.30. The van der Waals surface area contributed by atoms with Crippen LogP contribution in [0.25, 0.3) is 0 Å². The molecule has 2 atom stereocenters. The highest BCUT2D eigenvalue weighted by Crippen LogP contribution is 2.41. The minimum absolute atomic E-state index is 0.0369. The van der Waals surface area contributed by atoms with Crippen LogP contribution in [0.4, 0.5) is 0 Å². The van der Waals surface area contributed by atoms with Gasteiger partial charge in [0.2, 0.25) is 0 Å². The quantitative estimate of drug-likeness (QED) is 0.892. The standard InChI is InChI=1S/C14H24N2OS/c1-4-11-9-12(16(5-2)15-11)10-13(17)14(3)7-6-8-18-14/h9,13,17H,4-8,10H2,1-3H3. The zero-order valence-electron chi connectivity index (χ0n) is 11.6. The van der Waals surface area contributed by atoms with E-state index in [9.17, 15) is 5.11 Å². The molecule has 2 heterocycles. The van der Waals surface area contributed by atoms with E-state index in [0.29, 0.717) is 0 Å². The molecule has 1 aliphatic rings. The van der Waals surface area contributed by atoms with Gasteiger partial charge in [-0.3, -0.25) is 4.68 Å². The normalized spacial score (nSPS) is 25.6. The van der Waals surface area contributed by atoms with Crippen molar-refractivity contribution < 1.29 is 5.11 Å². The number of thioether (sulfide) groups is 1. The summed E-state index contributed by atoms with van der Waals surface area (Å²) >= 11 is 1.92. The van der Waals surface area contributed by atoms with Gasteiger partial charge < -0.3 is 5.11 Å². The molecular formula is C14H24N2OS. The van der Waals surface area contributed by atoms with Crippen LogP contribution >= 0.6 is 11.8 Å². The van der Waals surface area contributed by atoms with Crippen LogP contribution in [0.15, 0.2) is 6.07 Å². The lowest BCUT2D eigenvalue weighted by Crippen LogP contribution is -2.35. The van der Waals surface area contributed by atoms with Crippen LogP contribution in [0, 0.1) is 0 Å². The monoisotopic (exact) mass is 268 g/mol. The van der Waals surface area contributed by atoms with E-state index in [1.807, 2.05) is 16.4 Å². The zero-order valence-corrected chi connectivity index (χ0v) is 12.5. The van der Waals surface area contributed by atoms with Crippen LogP contribution in [-0.4, -0.2) is 31.5 Å². The fourth-order valence-electron chi connectivity index (χ4n) is 2.60. The van der Waals surface area contributed by atoms with Crippen LogP contribution < -0.4 is 0 Å². The SMILES string of the molecule is CCc1cc(CC(O)C2(C)CCCS2)n(CC)n1. The summed E-state index contributed by atoms with van der Waals surface area (Å²) in [5, 5.41) is 15.0. The van der Waals surface area contributed by atoms with Gasteiger partial charge in [-0.05, 0) is 44.9 Å². The fraction of sp³-hybridized carbons (Fsp3) is 0.786. The number of nitrogens with zero attached hydrogens (tertiary/aromatic N) is 2. The molecule has 2 rings (SSSR count). The van der Waals surface area contributed by atoms with Crippen molar-refractivity contribution in [1.82, 2.24) is 9.78 Å². The Kier molecular flexibility index (Phi) is 4.38. The molecule has 4 heteroatoms. The maximum atomic E-state index is 10.5. The fourth-order valence-corrected chi connectivity index (χ4v) is 3.92. The van der Waals surface area contributed by atoms with Gasteiger partial charge in [0.25, 0.3) is 0 Å². The Bertz CT molecular complexity index is 396. The van der Waals surface area contributed by atoms with Crippen molar-refractivity contribution >= 4 is 11.8 Å². The Labute approximate surface area is 114 Å². The largest absolute Gasteiger partial charge is 0.391 e. The second-order valence-electron chi connectivity index (χ2n) is 5.28. The van der Waals surface area contributed by atoms with Crippen molar-refractivity contribution in [3.05, 3.63) is 17.5 Å². The highest BCUT2D eigenvalue weighted by atomic mass is 32.2. The van der Waals surface area contributed by atoms with Gasteiger partial charge in [0.15, 0.2) is 0 Å². The molecule has 0 bridgehead atoms. The molecule has 1 aromatic heterocycles. The lowest BCUT2D eigenvalue weighted by Gasteiger charge is -2.29. The predicted molar refractivity (Wildman–Crippen MR) is 77.1 cm³/mol. The molecule has 3 nitrogen and oxygen atoms in total. The number of rotatable bonds is 5. The number of hydrogen-bond donors (Lipinski definition) is 1. The molecular weight excluding hydrogens is 244 g/mol. The molecule has 102 valence electrons. The summed E-state index contributed by atoms with van der Waals surface area (Å²) in [5.74, 6) is 1.18. The van der Waals surface area contributed by atoms with Crippen molar-refractivity contribution in [1.29, 1.82) is 0 Å². The molecule has 1 fully saturated rings. The molecule has 0 spiro atoms. The molecule has 0 radical (unpaired) electrons. The summed E-state index contributed by atoms with van der Waals surface area (Å²) in [7, 11) is 0. The first-order chi connectivity index (χ1) is 8.59. The minimum atomic E-state index is -0.267. The van der Waals surface area contributed by atoms with Crippen LogP contribution in [0.3, 0.4) is 0 Å². The van der Waals surface area contributed by atoms with Gasteiger partial charge in [0, 0.05) is 23.4 Å². The average Bonchev–Trinajstić information content (AvgIpc) is 2.96. The Morgan fingerprint density at radius 3 is 2.89 bits per heavy atom. The average molecular weight is 268 g/mol. The number of aliphatic hydroxyl groups excluding tert-OH is 1. The smallest absolute Gasteiger partial charge is 0.0739 e. The van der Waals surface area contributed by atoms with Crippen molar-refractivity contribution in [3.8, 4) is 0 Å². The van der Waals surface area contributed by atoms with Crippen molar-refractivity contribution in [3.63, 3.8) is 0 Å². The van der Waals surface area contributed by atoms with E-state index in [-0.39, 0.29) is 10.9 Å². The molecule has 1 saturated heterocycles. The number of aliphatic hydroxyl groups is 1. The maximum Gasteiger partial charge on any atom is 0.0739 e. The number of aryl methyl sites for hydroxylation is 2. The first-order valence-electron chi connectivity index (χ1n) is 6.96. The molecule has 1 aliphatic heterocycles. The van der Waals surface area contributed by atoms with Crippen LogP contribution in [0.5, 0.6) is 0 Å². The third-order valence-corrected chi connectivity index (χ3v) is 5.56. The molecule has 0 saturated carbocycles. The molecule has 1 aromatic rings. The summed E-state index contributed by atoms with van der Waals surface area (Å²) < 4.78 is 2.07. The third-order valence-electron chi connectivity index (χ3n) is 3.93. The van der Waals surface area contributed by atoms with E-state index in [4.69, 9.17) is 0 Å². The molecule has 18 heavy (non-hydrogen) atoms. The number of aromatic nitrogens is 2. The third kappa shape index (κ3) is 2.75. The van der Waals surface area contributed by atoms with E-state index in [1.54, 1.807) is 0 Å². The Morgan fingerprint density at radius 2 is 2.33 bits per heavy atom. The topological polar surface area (TPSA) is 38.0 Å². The van der Waals surface area contributed by atoms with Gasteiger partial charge in [0.1, 0.15) is 0 Å². The van der Waals surface area contributed by atoms with Gasteiger partial charge in [-0.15, -0.1) is 0 Å². The van der Waals surface area contributed by atoms with Crippen LogP contribution in [0.1, 0.15) is 45.0 Å². The molecule has 0 amide bonds. The zero-order chi connectivity index (χ0) is 13.2. The number of hydrogen-bond acceptors (Lipinski definition) is 3. The van der Waals surface area contributed by atoms with E-state index >= 15 is 0 Å². The second-order valence-corrected chi connectivity index (χ2v) is 6.91. The van der Waals surface area contributed by atoms with Gasteiger partial charge in [-0.2, -0.15) is 16.9 Å².